The molecule has 0 atom stereocenters. The molecule has 0 aromatic heterocycles. The van der Waals surface area contributed by atoms with Crippen molar-refractivity contribution in [2.24, 2.45) is 0 Å². The van der Waals surface area contributed by atoms with Crippen LogP contribution in [0.4, 0.5) is 0 Å². The summed E-state index contributed by atoms with van der Waals surface area (Å²) in [4.78, 5) is 11.0. The summed E-state index contributed by atoms with van der Waals surface area (Å²) in [5.74, 6) is -1.12. The van der Waals surface area contributed by atoms with Gasteiger partial charge in [-0.3, -0.25) is 0 Å². The van der Waals surface area contributed by atoms with E-state index < -0.39 is 5.97 Å². The monoisotopic (exact) mass is 234 g/mol. The highest BCUT2D eigenvalue weighted by Crippen LogP contribution is 2.43. The molecule has 2 rings (SSSR count). The Hall–Kier alpha value is -1.51. The molecule has 1 aromatic carbocycles. The van der Waals surface area contributed by atoms with E-state index in [-0.39, 0.29) is 16.7 Å². The van der Waals surface area contributed by atoms with E-state index in [1.165, 1.54) is 12.5 Å². The molecule has 1 fully saturated rings. The Kier molecular flexibility index (Phi) is 3.09. The van der Waals surface area contributed by atoms with Crippen LogP contribution in [0.3, 0.4) is 0 Å². The third-order valence-electron chi connectivity index (χ3n) is 3.87. The highest BCUT2D eigenvalue weighted by atomic mass is 16.4. The van der Waals surface area contributed by atoms with Crippen LogP contribution in [0.25, 0.3) is 0 Å². The molecule has 1 aliphatic rings. The van der Waals surface area contributed by atoms with Crippen LogP contribution in [0, 0.1) is 0 Å². The quantitative estimate of drug-likeness (QED) is 0.825. The summed E-state index contributed by atoms with van der Waals surface area (Å²) in [6.45, 7) is 2.12. The summed E-state index contributed by atoms with van der Waals surface area (Å²) in [5.41, 5.74) is 0.722. The average molecular weight is 234 g/mol. The molecule has 0 unspecified atom stereocenters. The zero-order chi connectivity index (χ0) is 12.5. The van der Waals surface area contributed by atoms with Gasteiger partial charge in [-0.1, -0.05) is 38.3 Å². The topological polar surface area (TPSA) is 57.5 Å². The van der Waals surface area contributed by atoms with Crippen molar-refractivity contribution >= 4 is 5.97 Å². The molecule has 3 heteroatoms. The van der Waals surface area contributed by atoms with E-state index in [1.54, 1.807) is 6.07 Å². The lowest BCUT2D eigenvalue weighted by molar-refractivity contribution is 0.0693. The molecule has 0 radical (unpaired) electrons. The Morgan fingerprint density at radius 1 is 1.24 bits per heavy atom. The van der Waals surface area contributed by atoms with Gasteiger partial charge in [-0.2, -0.15) is 0 Å². The van der Waals surface area contributed by atoms with Gasteiger partial charge in [0.05, 0.1) is 0 Å². The summed E-state index contributed by atoms with van der Waals surface area (Å²) < 4.78 is 0. The predicted molar refractivity (Wildman–Crippen MR) is 65.5 cm³/mol. The highest BCUT2D eigenvalue weighted by Gasteiger charge is 2.32. The molecule has 0 saturated heterocycles. The van der Waals surface area contributed by atoms with Crippen LogP contribution >= 0.6 is 0 Å². The molecule has 1 aromatic rings. The maximum atomic E-state index is 11.0. The summed E-state index contributed by atoms with van der Waals surface area (Å²) in [6.07, 6.45) is 5.56. The molecule has 0 aliphatic heterocycles. The first-order valence-electron chi connectivity index (χ1n) is 6.10. The van der Waals surface area contributed by atoms with E-state index in [2.05, 4.69) is 6.92 Å². The lowest BCUT2D eigenvalue weighted by atomic mass is 9.70. The number of rotatable bonds is 2. The van der Waals surface area contributed by atoms with Gasteiger partial charge >= 0.3 is 5.97 Å². The summed E-state index contributed by atoms with van der Waals surface area (Å²) in [7, 11) is 0. The van der Waals surface area contributed by atoms with E-state index in [0.29, 0.717) is 0 Å². The van der Waals surface area contributed by atoms with Crippen molar-refractivity contribution in [1.29, 1.82) is 0 Å². The van der Waals surface area contributed by atoms with Crippen molar-refractivity contribution < 1.29 is 15.0 Å². The SMILES string of the molecule is CC1(c2cccc(C(=O)O)c2O)CCCCC1. The number of phenols is 1. The lowest BCUT2D eigenvalue weighted by Crippen LogP contribution is -2.25. The summed E-state index contributed by atoms with van der Waals surface area (Å²) >= 11 is 0. The molecule has 0 heterocycles. The normalized spacial score (nSPS) is 18.9. The molecular weight excluding hydrogens is 216 g/mol. The fourth-order valence-corrected chi connectivity index (χ4v) is 2.80. The molecule has 92 valence electrons. The van der Waals surface area contributed by atoms with E-state index >= 15 is 0 Å². The molecule has 0 amide bonds. The van der Waals surface area contributed by atoms with Crippen LogP contribution in [0.1, 0.15) is 54.9 Å². The first-order valence-corrected chi connectivity index (χ1v) is 6.10. The van der Waals surface area contributed by atoms with Gasteiger partial charge in [0.25, 0.3) is 0 Å². The van der Waals surface area contributed by atoms with Gasteiger partial charge < -0.3 is 10.2 Å². The number of hydrogen-bond acceptors (Lipinski definition) is 2. The van der Waals surface area contributed by atoms with Crippen molar-refractivity contribution in [3.05, 3.63) is 29.3 Å². The Morgan fingerprint density at radius 3 is 2.47 bits per heavy atom. The average Bonchev–Trinajstić information content (AvgIpc) is 2.29. The van der Waals surface area contributed by atoms with Gasteiger partial charge in [0.1, 0.15) is 11.3 Å². The number of carboxylic acids is 1. The minimum absolute atomic E-state index is 0.00861. The fourth-order valence-electron chi connectivity index (χ4n) is 2.80. The molecule has 2 N–H and O–H groups in total. The number of hydrogen-bond donors (Lipinski definition) is 2. The van der Waals surface area contributed by atoms with E-state index in [1.807, 2.05) is 6.07 Å². The second-order valence-electron chi connectivity index (χ2n) is 5.13. The molecular formula is C14H18O3. The van der Waals surface area contributed by atoms with Crippen LogP contribution in [-0.4, -0.2) is 16.2 Å². The minimum Gasteiger partial charge on any atom is -0.507 e. The smallest absolute Gasteiger partial charge is 0.339 e. The Labute approximate surface area is 101 Å². The van der Waals surface area contributed by atoms with E-state index in [0.717, 1.165) is 31.2 Å². The van der Waals surface area contributed by atoms with E-state index in [4.69, 9.17) is 5.11 Å². The van der Waals surface area contributed by atoms with Gasteiger partial charge in [0.15, 0.2) is 0 Å². The zero-order valence-corrected chi connectivity index (χ0v) is 10.1. The van der Waals surface area contributed by atoms with Crippen molar-refractivity contribution in [1.82, 2.24) is 0 Å². The first kappa shape index (κ1) is 12.0. The maximum Gasteiger partial charge on any atom is 0.339 e. The van der Waals surface area contributed by atoms with Crippen LogP contribution in [0.2, 0.25) is 0 Å². The standard InChI is InChI=1S/C14H18O3/c1-14(8-3-2-4-9-14)11-7-5-6-10(12(11)15)13(16)17/h5-7,15H,2-4,8-9H2,1H3,(H,16,17). The Balaban J connectivity index is 2.44. The number of para-hydroxylation sites is 1. The Morgan fingerprint density at radius 2 is 1.88 bits per heavy atom. The second-order valence-corrected chi connectivity index (χ2v) is 5.13. The van der Waals surface area contributed by atoms with E-state index in [9.17, 15) is 9.90 Å². The summed E-state index contributed by atoms with van der Waals surface area (Å²) in [6, 6.07) is 5.03. The molecule has 0 spiro atoms. The zero-order valence-electron chi connectivity index (χ0n) is 10.1. The number of carbonyl (C=O) groups is 1. The van der Waals surface area contributed by atoms with Gasteiger partial charge in [-0.05, 0) is 24.3 Å². The number of benzene rings is 1. The Bertz CT molecular complexity index is 431. The molecule has 3 nitrogen and oxygen atoms in total. The van der Waals surface area contributed by atoms with Crippen LogP contribution in [0.15, 0.2) is 18.2 Å². The largest absolute Gasteiger partial charge is 0.507 e. The first-order chi connectivity index (χ1) is 8.04. The summed E-state index contributed by atoms with van der Waals surface area (Å²) in [5, 5.41) is 19.1. The maximum absolute atomic E-state index is 11.0. The number of aromatic hydroxyl groups is 1. The van der Waals surface area contributed by atoms with Gasteiger partial charge in [0.2, 0.25) is 0 Å². The molecule has 1 aliphatic carbocycles. The molecule has 17 heavy (non-hydrogen) atoms. The highest BCUT2D eigenvalue weighted by molar-refractivity contribution is 5.91. The van der Waals surface area contributed by atoms with Crippen LogP contribution in [-0.2, 0) is 5.41 Å². The molecule has 0 bridgehead atoms. The third-order valence-corrected chi connectivity index (χ3v) is 3.87. The van der Waals surface area contributed by atoms with Gasteiger partial charge in [-0.15, -0.1) is 0 Å². The lowest BCUT2D eigenvalue weighted by Gasteiger charge is -2.34. The van der Waals surface area contributed by atoms with Crippen molar-refractivity contribution in [3.63, 3.8) is 0 Å². The van der Waals surface area contributed by atoms with Gasteiger partial charge in [-0.25, -0.2) is 4.79 Å². The minimum atomic E-state index is -1.07. The van der Waals surface area contributed by atoms with Crippen molar-refractivity contribution in [2.45, 2.75) is 44.4 Å². The van der Waals surface area contributed by atoms with Crippen LogP contribution < -0.4 is 0 Å². The number of aromatic carboxylic acids is 1. The number of carboxylic acid groups (broad SMARTS) is 1. The van der Waals surface area contributed by atoms with Crippen molar-refractivity contribution in [3.8, 4) is 5.75 Å². The van der Waals surface area contributed by atoms with Gasteiger partial charge in [0, 0.05) is 5.56 Å². The second kappa shape index (κ2) is 4.40. The predicted octanol–water partition coefficient (Wildman–Crippen LogP) is 3.31. The van der Waals surface area contributed by atoms with Crippen LogP contribution in [0.5, 0.6) is 5.75 Å². The fraction of sp³-hybridized carbons (Fsp3) is 0.500. The molecule has 1 saturated carbocycles. The van der Waals surface area contributed by atoms with Crippen molar-refractivity contribution in [2.75, 3.05) is 0 Å². The third kappa shape index (κ3) is 2.14.